The van der Waals surface area contributed by atoms with E-state index in [0.717, 1.165) is 24.5 Å². The van der Waals surface area contributed by atoms with E-state index in [1.165, 1.54) is 31.2 Å². The second kappa shape index (κ2) is 8.10. The lowest BCUT2D eigenvalue weighted by Gasteiger charge is -2.24. The zero-order valence-corrected chi connectivity index (χ0v) is 18.7. The third-order valence-corrected chi connectivity index (χ3v) is 6.96. The number of nitrogens with one attached hydrogen (secondary N) is 1. The summed E-state index contributed by atoms with van der Waals surface area (Å²) in [7, 11) is 0. The van der Waals surface area contributed by atoms with Crippen molar-refractivity contribution in [3.8, 4) is 5.82 Å². The second-order valence-electron chi connectivity index (χ2n) is 9.45. The van der Waals surface area contributed by atoms with E-state index in [0.29, 0.717) is 34.7 Å². The second-order valence-corrected chi connectivity index (χ2v) is 9.45. The minimum Gasteiger partial charge on any atom is -0.306 e. The van der Waals surface area contributed by atoms with Crippen LogP contribution in [0.15, 0.2) is 49.1 Å². The van der Waals surface area contributed by atoms with Crippen LogP contribution in [0.4, 0.5) is 5.82 Å². The van der Waals surface area contributed by atoms with E-state index < -0.39 is 0 Å². The van der Waals surface area contributed by atoms with Crippen molar-refractivity contribution in [2.24, 2.45) is 5.92 Å². The number of hydrogen-bond acceptors (Lipinski definition) is 5. The number of amides is 1. The van der Waals surface area contributed by atoms with Crippen LogP contribution in [0, 0.1) is 5.92 Å². The Kier molecular flexibility index (Phi) is 4.93. The predicted octanol–water partition coefficient (Wildman–Crippen LogP) is 4.73. The Morgan fingerprint density at radius 2 is 1.85 bits per heavy atom. The minimum absolute atomic E-state index is 0.261. The van der Waals surface area contributed by atoms with Crippen LogP contribution in [0.2, 0.25) is 0 Å². The molecule has 0 atom stereocenters. The van der Waals surface area contributed by atoms with E-state index in [9.17, 15) is 4.79 Å². The van der Waals surface area contributed by atoms with Crippen molar-refractivity contribution in [1.29, 1.82) is 0 Å². The summed E-state index contributed by atoms with van der Waals surface area (Å²) in [6.07, 6.45) is 14.1. The van der Waals surface area contributed by atoms with Gasteiger partial charge in [-0.05, 0) is 55.2 Å². The first kappa shape index (κ1) is 20.1. The molecular weight excluding hydrogens is 414 g/mol. The molecule has 6 rings (SSSR count). The highest BCUT2D eigenvalue weighted by Crippen LogP contribution is 2.40. The molecule has 0 bridgehead atoms. The SMILES string of the molecule is CC1CCC(c2cc(NC(=O)c3cnn4cccnc34)n(-c3ccc(C4CC4)cn3)n2)CC1. The van der Waals surface area contributed by atoms with Gasteiger partial charge in [0.1, 0.15) is 11.4 Å². The van der Waals surface area contributed by atoms with E-state index in [-0.39, 0.29) is 5.91 Å². The predicted molar refractivity (Wildman–Crippen MR) is 125 cm³/mol. The van der Waals surface area contributed by atoms with Crippen molar-refractivity contribution >= 4 is 17.4 Å². The van der Waals surface area contributed by atoms with Gasteiger partial charge in [0, 0.05) is 30.6 Å². The van der Waals surface area contributed by atoms with Gasteiger partial charge in [0.25, 0.3) is 5.91 Å². The summed E-state index contributed by atoms with van der Waals surface area (Å²) in [6, 6.07) is 7.92. The maximum atomic E-state index is 13.2. The number of anilines is 1. The summed E-state index contributed by atoms with van der Waals surface area (Å²) < 4.78 is 3.36. The summed E-state index contributed by atoms with van der Waals surface area (Å²) in [4.78, 5) is 22.2. The fraction of sp³-hybridized carbons (Fsp3) is 0.400. The van der Waals surface area contributed by atoms with E-state index in [1.54, 1.807) is 33.9 Å². The standard InChI is InChI=1S/C25H27N7O/c1-16-3-5-18(6-4-16)21-13-23(29-25(33)20-15-28-31-12-2-11-26-24(20)31)32(30-21)22-10-9-19(14-27-22)17-7-8-17/h2,9-18H,3-8H2,1H3,(H,29,33). The smallest absolute Gasteiger partial charge is 0.262 e. The quantitative estimate of drug-likeness (QED) is 0.483. The van der Waals surface area contributed by atoms with Gasteiger partial charge in [-0.3, -0.25) is 4.79 Å². The van der Waals surface area contributed by atoms with Crippen molar-refractivity contribution < 1.29 is 4.79 Å². The number of pyridine rings is 1. The maximum absolute atomic E-state index is 13.2. The molecule has 168 valence electrons. The molecule has 2 aliphatic rings. The van der Waals surface area contributed by atoms with Crippen molar-refractivity contribution in [2.45, 2.75) is 57.3 Å². The minimum atomic E-state index is -0.261. The van der Waals surface area contributed by atoms with E-state index in [4.69, 9.17) is 5.10 Å². The molecule has 1 N–H and O–H groups in total. The number of aromatic nitrogens is 6. The first-order valence-corrected chi connectivity index (χ1v) is 11.8. The van der Waals surface area contributed by atoms with Gasteiger partial charge in [0.15, 0.2) is 11.5 Å². The molecule has 8 heteroatoms. The zero-order chi connectivity index (χ0) is 22.4. The lowest BCUT2D eigenvalue weighted by Crippen LogP contribution is -2.15. The summed E-state index contributed by atoms with van der Waals surface area (Å²) >= 11 is 0. The van der Waals surface area contributed by atoms with E-state index in [1.807, 2.05) is 18.3 Å². The van der Waals surface area contributed by atoms with Crippen LogP contribution in [-0.2, 0) is 0 Å². The highest BCUT2D eigenvalue weighted by Gasteiger charge is 2.26. The molecule has 1 amide bonds. The largest absolute Gasteiger partial charge is 0.306 e. The van der Waals surface area contributed by atoms with E-state index in [2.05, 4.69) is 33.4 Å². The van der Waals surface area contributed by atoms with Crippen molar-refractivity contribution in [2.75, 3.05) is 5.32 Å². The average Bonchev–Trinajstić information content (AvgIpc) is 3.47. The molecule has 33 heavy (non-hydrogen) atoms. The summed E-state index contributed by atoms with van der Waals surface area (Å²) in [5, 5.41) is 12.2. The van der Waals surface area contributed by atoms with Gasteiger partial charge in [-0.1, -0.05) is 25.8 Å². The molecule has 2 saturated carbocycles. The molecule has 0 aliphatic heterocycles. The first-order valence-electron chi connectivity index (χ1n) is 11.8. The molecular formula is C25H27N7O. The lowest BCUT2D eigenvalue weighted by atomic mass is 9.81. The molecule has 2 aliphatic carbocycles. The van der Waals surface area contributed by atoms with Crippen molar-refractivity contribution in [3.63, 3.8) is 0 Å². The summed E-state index contributed by atoms with van der Waals surface area (Å²) in [5.74, 6) is 2.89. The lowest BCUT2D eigenvalue weighted by molar-refractivity contribution is 0.102. The Bertz CT molecular complexity index is 1290. The Morgan fingerprint density at radius 1 is 1.03 bits per heavy atom. The summed E-state index contributed by atoms with van der Waals surface area (Å²) in [6.45, 7) is 2.32. The van der Waals surface area contributed by atoms with Crippen molar-refractivity contribution in [3.05, 3.63) is 65.9 Å². The number of nitrogens with zero attached hydrogens (tertiary/aromatic N) is 6. The van der Waals surface area contributed by atoms with Gasteiger partial charge >= 0.3 is 0 Å². The number of carbonyl (C=O) groups is 1. The van der Waals surface area contributed by atoms with Gasteiger partial charge in [-0.15, -0.1) is 0 Å². The van der Waals surface area contributed by atoms with Gasteiger partial charge in [-0.2, -0.15) is 14.9 Å². The summed E-state index contributed by atoms with van der Waals surface area (Å²) in [5.41, 5.74) is 3.24. The normalized spacial score (nSPS) is 20.8. The van der Waals surface area contributed by atoms with Crippen LogP contribution < -0.4 is 5.32 Å². The van der Waals surface area contributed by atoms with E-state index >= 15 is 0 Å². The van der Waals surface area contributed by atoms with Crippen LogP contribution in [0.3, 0.4) is 0 Å². The van der Waals surface area contributed by atoms with Crippen LogP contribution in [-0.4, -0.2) is 35.3 Å². The molecule has 2 fully saturated rings. The Balaban J connectivity index is 1.34. The number of carbonyl (C=O) groups excluding carboxylic acids is 1. The highest BCUT2D eigenvalue weighted by molar-refractivity contribution is 6.07. The van der Waals surface area contributed by atoms with Crippen LogP contribution >= 0.6 is 0 Å². The first-order chi connectivity index (χ1) is 16.2. The third kappa shape index (κ3) is 3.90. The molecule has 0 aromatic carbocycles. The van der Waals surface area contributed by atoms with Crippen LogP contribution in [0.5, 0.6) is 0 Å². The van der Waals surface area contributed by atoms with Crippen LogP contribution in [0.1, 0.15) is 78.9 Å². The molecule has 0 saturated heterocycles. The topological polar surface area (TPSA) is 90.0 Å². The average molecular weight is 442 g/mol. The Morgan fingerprint density at radius 3 is 2.61 bits per heavy atom. The highest BCUT2D eigenvalue weighted by atomic mass is 16.1. The molecule has 8 nitrogen and oxygen atoms in total. The Labute approximate surface area is 192 Å². The maximum Gasteiger partial charge on any atom is 0.262 e. The molecule has 0 unspecified atom stereocenters. The molecule has 0 spiro atoms. The monoisotopic (exact) mass is 441 g/mol. The van der Waals surface area contributed by atoms with Gasteiger partial charge in [0.05, 0.1) is 11.9 Å². The third-order valence-electron chi connectivity index (χ3n) is 6.96. The molecule has 4 aromatic heterocycles. The van der Waals surface area contributed by atoms with Crippen LogP contribution in [0.25, 0.3) is 11.5 Å². The molecule has 0 radical (unpaired) electrons. The van der Waals surface area contributed by atoms with Gasteiger partial charge in [0.2, 0.25) is 0 Å². The molecule has 4 aromatic rings. The molecule has 4 heterocycles. The number of rotatable bonds is 5. The Hall–Kier alpha value is -3.55. The number of fused-ring (bicyclic) bond motifs is 1. The fourth-order valence-electron chi connectivity index (χ4n) is 4.77. The van der Waals surface area contributed by atoms with Crippen molar-refractivity contribution in [1.82, 2.24) is 29.4 Å². The van der Waals surface area contributed by atoms with Gasteiger partial charge in [-0.25, -0.2) is 14.5 Å². The van der Waals surface area contributed by atoms with Gasteiger partial charge < -0.3 is 5.32 Å². The fourth-order valence-corrected chi connectivity index (χ4v) is 4.77. The number of hydrogen-bond donors (Lipinski definition) is 1. The zero-order valence-electron chi connectivity index (χ0n) is 18.7.